The zero-order valence-corrected chi connectivity index (χ0v) is 17.2. The van der Waals surface area contributed by atoms with Crippen LogP contribution in [-0.2, 0) is 11.3 Å². The molecule has 2 amide bonds. The Morgan fingerprint density at radius 2 is 1.74 bits per heavy atom. The largest absolute Gasteiger partial charge is 0.467 e. The van der Waals surface area contributed by atoms with Gasteiger partial charge in [-0.1, -0.05) is 24.3 Å². The summed E-state index contributed by atoms with van der Waals surface area (Å²) in [6, 6.07) is 22.1. The van der Waals surface area contributed by atoms with Crippen LogP contribution in [0.4, 0.5) is 5.69 Å². The molecule has 2 aromatic carbocycles. The summed E-state index contributed by atoms with van der Waals surface area (Å²) in [5, 5.41) is 2.83. The van der Waals surface area contributed by atoms with Crippen molar-refractivity contribution in [3.8, 4) is 5.69 Å². The van der Waals surface area contributed by atoms with Gasteiger partial charge in [-0.05, 0) is 61.0 Å². The molecule has 1 N–H and O–H groups in total. The lowest BCUT2D eigenvalue weighted by Crippen LogP contribution is -2.37. The first-order valence-corrected chi connectivity index (χ1v) is 10.0. The van der Waals surface area contributed by atoms with Crippen molar-refractivity contribution in [1.29, 1.82) is 0 Å². The number of rotatable bonds is 7. The molecular weight excluding hydrogens is 390 g/mol. The molecule has 156 valence electrons. The molecule has 0 bridgehead atoms. The van der Waals surface area contributed by atoms with Crippen molar-refractivity contribution < 1.29 is 14.0 Å². The molecule has 0 unspecified atom stereocenters. The van der Waals surface area contributed by atoms with Crippen molar-refractivity contribution in [2.24, 2.45) is 0 Å². The maximum atomic E-state index is 13.4. The van der Waals surface area contributed by atoms with Gasteiger partial charge in [-0.15, -0.1) is 0 Å². The Kier molecular flexibility index (Phi) is 5.98. The maximum absolute atomic E-state index is 13.4. The highest BCUT2D eigenvalue weighted by atomic mass is 16.3. The number of anilines is 1. The monoisotopic (exact) mass is 413 g/mol. The number of carbonyl (C=O) groups is 2. The molecule has 0 fully saturated rings. The van der Waals surface area contributed by atoms with Crippen LogP contribution in [0.15, 0.2) is 95.9 Å². The second kappa shape index (κ2) is 9.17. The van der Waals surface area contributed by atoms with Crippen molar-refractivity contribution in [3.63, 3.8) is 0 Å². The molecule has 6 nitrogen and oxygen atoms in total. The van der Waals surface area contributed by atoms with E-state index in [9.17, 15) is 9.59 Å². The number of nitrogens with one attached hydrogen (secondary N) is 1. The number of hydrogen-bond acceptors (Lipinski definition) is 3. The summed E-state index contributed by atoms with van der Waals surface area (Å²) in [4.78, 5) is 27.5. The molecule has 0 aliphatic heterocycles. The first-order chi connectivity index (χ1) is 15.1. The van der Waals surface area contributed by atoms with Crippen LogP contribution in [0, 0.1) is 6.92 Å². The molecule has 2 heterocycles. The average molecular weight is 413 g/mol. The summed E-state index contributed by atoms with van der Waals surface area (Å²) < 4.78 is 7.39. The zero-order valence-electron chi connectivity index (χ0n) is 17.2. The summed E-state index contributed by atoms with van der Waals surface area (Å²) in [6.07, 6.45) is 5.42. The number of amides is 2. The van der Waals surface area contributed by atoms with Crippen LogP contribution in [0.3, 0.4) is 0 Å². The number of nitrogens with zero attached hydrogens (tertiary/aromatic N) is 2. The van der Waals surface area contributed by atoms with Crippen molar-refractivity contribution in [2.45, 2.75) is 13.5 Å². The molecule has 31 heavy (non-hydrogen) atoms. The number of hydrogen-bond donors (Lipinski definition) is 1. The predicted octanol–water partition coefficient (Wildman–Crippen LogP) is 4.66. The molecule has 2 aromatic heterocycles. The van der Waals surface area contributed by atoms with E-state index in [0.717, 1.165) is 11.3 Å². The summed E-state index contributed by atoms with van der Waals surface area (Å²) in [6.45, 7) is 2.10. The lowest BCUT2D eigenvalue weighted by molar-refractivity contribution is -0.117. The van der Waals surface area contributed by atoms with Gasteiger partial charge < -0.3 is 19.2 Å². The highest BCUT2D eigenvalue weighted by Crippen LogP contribution is 2.19. The summed E-state index contributed by atoms with van der Waals surface area (Å²) >= 11 is 0. The number of furan rings is 1. The molecule has 0 saturated heterocycles. The van der Waals surface area contributed by atoms with Crippen molar-refractivity contribution in [2.75, 3.05) is 11.9 Å². The van der Waals surface area contributed by atoms with Gasteiger partial charge in [0.2, 0.25) is 5.91 Å². The van der Waals surface area contributed by atoms with Gasteiger partial charge in [0.25, 0.3) is 5.91 Å². The van der Waals surface area contributed by atoms with Crippen LogP contribution in [0.5, 0.6) is 0 Å². The van der Waals surface area contributed by atoms with Crippen LogP contribution in [-0.4, -0.2) is 27.8 Å². The van der Waals surface area contributed by atoms with Crippen LogP contribution < -0.4 is 5.32 Å². The molecule has 0 aliphatic carbocycles. The van der Waals surface area contributed by atoms with Gasteiger partial charge in [0, 0.05) is 29.3 Å². The Labute approximate surface area is 180 Å². The van der Waals surface area contributed by atoms with E-state index in [1.54, 1.807) is 36.6 Å². The Morgan fingerprint density at radius 3 is 2.45 bits per heavy atom. The quantitative estimate of drug-likeness (QED) is 0.479. The molecule has 0 saturated carbocycles. The fourth-order valence-electron chi connectivity index (χ4n) is 3.38. The standard InChI is InChI=1S/C25H23N3O3/c1-19-11-12-20(16-23(19)27-13-5-6-14-27)25(30)28(17-22-10-7-15-31-22)18-24(29)26-21-8-3-2-4-9-21/h2-16H,17-18H2,1H3,(H,26,29). The van der Waals surface area contributed by atoms with Crippen molar-refractivity contribution >= 4 is 17.5 Å². The van der Waals surface area contributed by atoms with E-state index in [4.69, 9.17) is 4.42 Å². The fraction of sp³-hybridized carbons (Fsp3) is 0.120. The van der Waals surface area contributed by atoms with Gasteiger partial charge in [0.05, 0.1) is 12.8 Å². The molecule has 4 aromatic rings. The van der Waals surface area contributed by atoms with E-state index < -0.39 is 0 Å². The van der Waals surface area contributed by atoms with E-state index in [2.05, 4.69) is 5.32 Å². The maximum Gasteiger partial charge on any atom is 0.254 e. The van der Waals surface area contributed by atoms with Crippen LogP contribution in [0.1, 0.15) is 21.7 Å². The predicted molar refractivity (Wildman–Crippen MR) is 119 cm³/mol. The van der Waals surface area contributed by atoms with E-state index in [0.29, 0.717) is 17.0 Å². The van der Waals surface area contributed by atoms with Gasteiger partial charge in [0.15, 0.2) is 0 Å². The average Bonchev–Trinajstić information content (AvgIpc) is 3.48. The highest BCUT2D eigenvalue weighted by Gasteiger charge is 2.21. The minimum atomic E-state index is -0.274. The molecule has 0 aliphatic rings. The number of aromatic nitrogens is 1. The van der Waals surface area contributed by atoms with E-state index in [-0.39, 0.29) is 24.9 Å². The van der Waals surface area contributed by atoms with Gasteiger partial charge >= 0.3 is 0 Å². The third-order valence-electron chi connectivity index (χ3n) is 4.94. The van der Waals surface area contributed by atoms with Gasteiger partial charge in [0.1, 0.15) is 12.3 Å². The second-order valence-corrected chi connectivity index (χ2v) is 7.25. The lowest BCUT2D eigenvalue weighted by Gasteiger charge is -2.22. The normalized spacial score (nSPS) is 10.6. The number of carbonyl (C=O) groups excluding carboxylic acids is 2. The minimum absolute atomic E-state index is 0.0961. The van der Waals surface area contributed by atoms with Gasteiger partial charge in [-0.25, -0.2) is 0 Å². The molecule has 4 rings (SSSR count). The summed E-state index contributed by atoms with van der Waals surface area (Å²) in [5.74, 6) is 0.0930. The Morgan fingerprint density at radius 1 is 0.968 bits per heavy atom. The van der Waals surface area contributed by atoms with Gasteiger partial charge in [-0.3, -0.25) is 9.59 Å². The van der Waals surface area contributed by atoms with Gasteiger partial charge in [-0.2, -0.15) is 0 Å². The van der Waals surface area contributed by atoms with Crippen LogP contribution in [0.25, 0.3) is 5.69 Å². The van der Waals surface area contributed by atoms with Crippen LogP contribution in [0.2, 0.25) is 0 Å². The molecule has 0 atom stereocenters. The topological polar surface area (TPSA) is 67.5 Å². The van der Waals surface area contributed by atoms with Crippen molar-refractivity contribution in [3.05, 3.63) is 108 Å². The molecule has 6 heteroatoms. The smallest absolute Gasteiger partial charge is 0.254 e. The first-order valence-electron chi connectivity index (χ1n) is 10.0. The van der Waals surface area contributed by atoms with E-state index >= 15 is 0 Å². The van der Waals surface area contributed by atoms with Crippen molar-refractivity contribution in [1.82, 2.24) is 9.47 Å². The number of aryl methyl sites for hydroxylation is 1. The summed E-state index contributed by atoms with van der Waals surface area (Å²) in [7, 11) is 0. The Bertz CT molecular complexity index is 1150. The Balaban J connectivity index is 1.58. The minimum Gasteiger partial charge on any atom is -0.467 e. The van der Waals surface area contributed by atoms with E-state index in [1.807, 2.05) is 66.3 Å². The summed E-state index contributed by atoms with van der Waals surface area (Å²) in [5.41, 5.74) is 3.16. The highest BCUT2D eigenvalue weighted by molar-refractivity contribution is 5.99. The lowest BCUT2D eigenvalue weighted by atomic mass is 10.1. The van der Waals surface area contributed by atoms with E-state index in [1.165, 1.54) is 4.90 Å². The Hall–Kier alpha value is -4.06. The molecule has 0 radical (unpaired) electrons. The van der Waals surface area contributed by atoms with Crippen LogP contribution >= 0.6 is 0 Å². The number of para-hydroxylation sites is 1. The first kappa shape index (κ1) is 20.2. The third-order valence-corrected chi connectivity index (χ3v) is 4.94. The SMILES string of the molecule is Cc1ccc(C(=O)N(CC(=O)Nc2ccccc2)Cc2ccco2)cc1-n1cccc1. The zero-order chi connectivity index (χ0) is 21.6. The fourth-order valence-corrected chi connectivity index (χ4v) is 3.38. The molecule has 0 spiro atoms. The second-order valence-electron chi connectivity index (χ2n) is 7.25. The number of benzene rings is 2. The molecular formula is C25H23N3O3. The third kappa shape index (κ3) is 4.93.